The van der Waals surface area contributed by atoms with E-state index in [-0.39, 0.29) is 6.10 Å². The zero-order chi connectivity index (χ0) is 10.1. The van der Waals surface area contributed by atoms with E-state index in [0.29, 0.717) is 11.3 Å². The van der Waals surface area contributed by atoms with Crippen LogP contribution >= 0.6 is 0 Å². The van der Waals surface area contributed by atoms with Crippen LogP contribution in [0.4, 0.5) is 0 Å². The number of hydrogen-bond acceptors (Lipinski definition) is 1. The molecule has 2 unspecified atom stereocenters. The molecule has 0 spiro atoms. The summed E-state index contributed by atoms with van der Waals surface area (Å²) in [7, 11) is 0. The Hall–Kier alpha value is -0.0400. The second-order valence-electron chi connectivity index (χ2n) is 5.86. The summed E-state index contributed by atoms with van der Waals surface area (Å²) in [6.45, 7) is 8.91. The van der Waals surface area contributed by atoms with Crippen LogP contribution in [0.25, 0.3) is 0 Å². The smallest absolute Gasteiger partial charge is 0.0568 e. The molecule has 1 aliphatic rings. The third kappa shape index (κ3) is 4.12. The van der Waals surface area contributed by atoms with Crippen LogP contribution in [-0.4, -0.2) is 11.2 Å². The molecule has 1 nitrogen and oxygen atoms in total. The third-order valence-corrected chi connectivity index (χ3v) is 3.16. The molecule has 0 aromatic carbocycles. The van der Waals surface area contributed by atoms with Crippen LogP contribution < -0.4 is 0 Å². The number of rotatable bonds is 4. The monoisotopic (exact) mass is 184 g/mol. The Labute approximate surface area is 82.5 Å². The Morgan fingerprint density at radius 3 is 2.23 bits per heavy atom. The van der Waals surface area contributed by atoms with Crippen molar-refractivity contribution in [3.63, 3.8) is 0 Å². The maximum absolute atomic E-state index is 9.89. The van der Waals surface area contributed by atoms with E-state index in [4.69, 9.17) is 0 Å². The Bertz CT molecular complexity index is 153. The molecule has 0 heterocycles. The predicted octanol–water partition coefficient (Wildman–Crippen LogP) is 3.22. The Morgan fingerprint density at radius 2 is 1.85 bits per heavy atom. The summed E-state index contributed by atoms with van der Waals surface area (Å²) in [5.41, 5.74) is 0.365. The normalized spacial score (nSPS) is 22.8. The first-order valence-electron chi connectivity index (χ1n) is 5.58. The number of hydrogen-bond donors (Lipinski definition) is 1. The Balaban J connectivity index is 2.20. The van der Waals surface area contributed by atoms with Gasteiger partial charge < -0.3 is 5.11 Å². The molecular weight excluding hydrogens is 160 g/mol. The minimum Gasteiger partial charge on any atom is -0.393 e. The van der Waals surface area contributed by atoms with Crippen LogP contribution in [0, 0.1) is 17.3 Å². The van der Waals surface area contributed by atoms with Crippen LogP contribution in [0.2, 0.25) is 0 Å². The maximum Gasteiger partial charge on any atom is 0.0568 e. The first-order chi connectivity index (χ1) is 5.90. The quantitative estimate of drug-likeness (QED) is 0.711. The van der Waals surface area contributed by atoms with Crippen molar-refractivity contribution < 1.29 is 5.11 Å². The van der Waals surface area contributed by atoms with E-state index in [1.807, 2.05) is 0 Å². The average molecular weight is 184 g/mol. The molecule has 0 amide bonds. The van der Waals surface area contributed by atoms with E-state index >= 15 is 0 Å². The van der Waals surface area contributed by atoms with E-state index in [0.717, 1.165) is 18.8 Å². The molecule has 1 N–H and O–H groups in total. The fourth-order valence-electron chi connectivity index (χ4n) is 1.78. The predicted molar refractivity (Wildman–Crippen MR) is 56.6 cm³/mol. The van der Waals surface area contributed by atoms with E-state index in [2.05, 4.69) is 27.7 Å². The van der Waals surface area contributed by atoms with Crippen molar-refractivity contribution in [1.29, 1.82) is 0 Å². The van der Waals surface area contributed by atoms with Crippen molar-refractivity contribution in [3.8, 4) is 0 Å². The highest BCUT2D eigenvalue weighted by Gasteiger charge is 2.32. The zero-order valence-electron chi connectivity index (χ0n) is 9.51. The van der Waals surface area contributed by atoms with E-state index < -0.39 is 0 Å². The standard InChI is InChI=1S/C12H24O/c1-9(10-5-6-10)11(13)7-8-12(2,3)4/h9-11,13H,5-8H2,1-4H3. The van der Waals surface area contributed by atoms with Crippen molar-refractivity contribution in [1.82, 2.24) is 0 Å². The molecule has 0 aromatic rings. The molecule has 1 aliphatic carbocycles. The lowest BCUT2D eigenvalue weighted by atomic mass is 9.86. The van der Waals surface area contributed by atoms with Gasteiger partial charge >= 0.3 is 0 Å². The van der Waals surface area contributed by atoms with Gasteiger partial charge in [0.05, 0.1) is 6.10 Å². The van der Waals surface area contributed by atoms with E-state index in [1.165, 1.54) is 12.8 Å². The summed E-state index contributed by atoms with van der Waals surface area (Å²) in [6, 6.07) is 0. The summed E-state index contributed by atoms with van der Waals surface area (Å²) in [4.78, 5) is 0. The average Bonchev–Trinajstić information content (AvgIpc) is 2.79. The summed E-state index contributed by atoms with van der Waals surface area (Å²) in [5, 5.41) is 9.89. The molecule has 0 radical (unpaired) electrons. The maximum atomic E-state index is 9.89. The van der Waals surface area contributed by atoms with Gasteiger partial charge in [0, 0.05) is 0 Å². The first kappa shape index (κ1) is 11.0. The van der Waals surface area contributed by atoms with Crippen LogP contribution in [0.5, 0.6) is 0 Å². The zero-order valence-corrected chi connectivity index (χ0v) is 9.51. The van der Waals surface area contributed by atoms with Gasteiger partial charge in [0.1, 0.15) is 0 Å². The molecule has 1 saturated carbocycles. The first-order valence-corrected chi connectivity index (χ1v) is 5.58. The van der Waals surface area contributed by atoms with Crippen molar-refractivity contribution in [2.75, 3.05) is 0 Å². The van der Waals surface area contributed by atoms with Gasteiger partial charge in [-0.25, -0.2) is 0 Å². The van der Waals surface area contributed by atoms with Crippen LogP contribution in [0.1, 0.15) is 53.4 Å². The van der Waals surface area contributed by atoms with Crippen molar-refractivity contribution >= 4 is 0 Å². The van der Waals surface area contributed by atoms with Crippen LogP contribution in [0.15, 0.2) is 0 Å². The summed E-state index contributed by atoms with van der Waals surface area (Å²) < 4.78 is 0. The molecule has 0 bridgehead atoms. The van der Waals surface area contributed by atoms with Crippen LogP contribution in [-0.2, 0) is 0 Å². The second kappa shape index (κ2) is 4.00. The van der Waals surface area contributed by atoms with Crippen LogP contribution in [0.3, 0.4) is 0 Å². The van der Waals surface area contributed by atoms with Gasteiger partial charge in [0.25, 0.3) is 0 Å². The fourth-order valence-corrected chi connectivity index (χ4v) is 1.78. The van der Waals surface area contributed by atoms with Crippen molar-refractivity contribution in [2.45, 2.75) is 59.5 Å². The summed E-state index contributed by atoms with van der Waals surface area (Å²) in [6.07, 6.45) is 4.72. The van der Waals surface area contributed by atoms with Gasteiger partial charge in [-0.3, -0.25) is 0 Å². The molecule has 78 valence electrons. The molecule has 2 atom stereocenters. The fraction of sp³-hybridized carbons (Fsp3) is 1.00. The SMILES string of the molecule is CC(C(O)CCC(C)(C)C)C1CC1. The van der Waals surface area contributed by atoms with Crippen molar-refractivity contribution in [2.24, 2.45) is 17.3 Å². The lowest BCUT2D eigenvalue weighted by Gasteiger charge is -2.23. The molecule has 1 rings (SSSR count). The highest BCUT2D eigenvalue weighted by molar-refractivity contribution is 4.83. The molecule has 0 aliphatic heterocycles. The molecular formula is C12H24O. The second-order valence-corrected chi connectivity index (χ2v) is 5.86. The van der Waals surface area contributed by atoms with Gasteiger partial charge in [-0.15, -0.1) is 0 Å². The highest BCUT2D eigenvalue weighted by atomic mass is 16.3. The van der Waals surface area contributed by atoms with Gasteiger partial charge in [-0.2, -0.15) is 0 Å². The topological polar surface area (TPSA) is 20.2 Å². The summed E-state index contributed by atoms with van der Waals surface area (Å²) in [5.74, 6) is 1.36. The Morgan fingerprint density at radius 1 is 1.31 bits per heavy atom. The lowest BCUT2D eigenvalue weighted by molar-refractivity contribution is 0.0840. The minimum atomic E-state index is -0.0632. The highest BCUT2D eigenvalue weighted by Crippen LogP contribution is 2.39. The molecule has 0 saturated heterocycles. The largest absolute Gasteiger partial charge is 0.393 e. The molecule has 13 heavy (non-hydrogen) atoms. The molecule has 0 aromatic heterocycles. The molecule has 1 heteroatoms. The van der Waals surface area contributed by atoms with E-state index in [1.54, 1.807) is 0 Å². The lowest BCUT2D eigenvalue weighted by Crippen LogP contribution is -2.21. The van der Waals surface area contributed by atoms with E-state index in [9.17, 15) is 5.11 Å². The number of aliphatic hydroxyl groups is 1. The number of aliphatic hydroxyl groups excluding tert-OH is 1. The Kier molecular flexibility index (Phi) is 3.39. The van der Waals surface area contributed by atoms with Gasteiger partial charge in [-0.05, 0) is 42.9 Å². The summed E-state index contributed by atoms with van der Waals surface area (Å²) >= 11 is 0. The third-order valence-electron chi connectivity index (χ3n) is 3.16. The van der Waals surface area contributed by atoms with Gasteiger partial charge in [0.2, 0.25) is 0 Å². The minimum absolute atomic E-state index is 0.0632. The van der Waals surface area contributed by atoms with Gasteiger partial charge in [0.15, 0.2) is 0 Å². The van der Waals surface area contributed by atoms with Gasteiger partial charge in [-0.1, -0.05) is 27.7 Å². The molecule has 1 fully saturated rings. The van der Waals surface area contributed by atoms with Crippen molar-refractivity contribution in [3.05, 3.63) is 0 Å².